The van der Waals surface area contributed by atoms with Crippen LogP contribution in [0.4, 0.5) is 0 Å². The van der Waals surface area contributed by atoms with E-state index in [1.54, 1.807) is 9.80 Å². The summed E-state index contributed by atoms with van der Waals surface area (Å²) in [6, 6.07) is 0. The van der Waals surface area contributed by atoms with Gasteiger partial charge in [0.05, 0.1) is 32.3 Å². The Morgan fingerprint density at radius 3 is 1.75 bits per heavy atom. The molecule has 0 aromatic heterocycles. The van der Waals surface area contributed by atoms with Crippen LogP contribution in [0.3, 0.4) is 0 Å². The lowest BCUT2D eigenvalue weighted by Gasteiger charge is -2.39. The Balaban J connectivity index is 1.45. The second-order valence-corrected chi connectivity index (χ2v) is 18.0. The highest BCUT2D eigenvalue weighted by molar-refractivity contribution is 5.77. The summed E-state index contributed by atoms with van der Waals surface area (Å²) in [7, 11) is 0. The van der Waals surface area contributed by atoms with Crippen LogP contribution >= 0.6 is 0 Å². The summed E-state index contributed by atoms with van der Waals surface area (Å²) in [4.78, 5) is 41.5. The number of hydrogen-bond donors (Lipinski definition) is 3. The van der Waals surface area contributed by atoms with Crippen molar-refractivity contribution in [3.8, 4) is 0 Å². The molecule has 59 heavy (non-hydrogen) atoms. The number of fused-ring (bicyclic) bond motifs is 2. The summed E-state index contributed by atoms with van der Waals surface area (Å²) in [6.07, 6.45) is 40.8. The van der Waals surface area contributed by atoms with Crippen molar-refractivity contribution in [3.05, 3.63) is 36.5 Å². The normalized spacial score (nSPS) is 23.4. The Morgan fingerprint density at radius 1 is 0.610 bits per heavy atom. The van der Waals surface area contributed by atoms with Gasteiger partial charge in [-0.15, -0.1) is 0 Å². The third kappa shape index (κ3) is 19.4. The van der Waals surface area contributed by atoms with Gasteiger partial charge in [-0.25, -0.2) is 0 Å². The minimum atomic E-state index is -0.143. The number of ether oxygens (including phenoxy) is 1. The fraction of sp³-hybridized carbons (Fsp3) is 0.820. The Hall–Kier alpha value is -2.49. The molecule has 3 N–H and O–H groups in total. The van der Waals surface area contributed by atoms with Crippen LogP contribution < -0.4 is 0 Å². The molecule has 7 atom stereocenters. The van der Waals surface area contributed by atoms with Gasteiger partial charge >= 0.3 is 5.97 Å². The highest BCUT2D eigenvalue weighted by atomic mass is 16.5. The van der Waals surface area contributed by atoms with Gasteiger partial charge in [-0.1, -0.05) is 134 Å². The third-order valence-electron chi connectivity index (χ3n) is 13.5. The number of amides is 2. The van der Waals surface area contributed by atoms with E-state index in [2.05, 4.69) is 50.3 Å². The maximum atomic E-state index is 13.1. The van der Waals surface area contributed by atoms with E-state index in [-0.39, 0.29) is 69.8 Å². The molecule has 3 aliphatic carbocycles. The van der Waals surface area contributed by atoms with Gasteiger partial charge in [-0.3, -0.25) is 14.4 Å². The van der Waals surface area contributed by atoms with Crippen molar-refractivity contribution in [2.24, 2.45) is 41.4 Å². The standard InChI is InChI=1S/C50H86N2O7/c1-3-5-7-10-17-23-45-42(21-15-6-4-2)29-30-43(22-16-11-8-13-19-25-48(56)51(31-35-53)32-36-54)46(45)24-18-12-9-14-20-26-49(57)52(33-37-55)34-38-59-50(58)47-40-41-27-28-44(47)39-41/h17,23,27-30,41-47,53-55H,3-16,18-22,24-26,31-40H2,1-2H3/b23-17+. The van der Waals surface area contributed by atoms with Crippen LogP contribution in [-0.4, -0.2) is 95.5 Å². The van der Waals surface area contributed by atoms with E-state index in [0.29, 0.717) is 54.9 Å². The molecule has 0 aliphatic heterocycles. The molecule has 0 spiro atoms. The molecule has 9 heteroatoms. The summed E-state index contributed by atoms with van der Waals surface area (Å²) in [6.45, 7) is 5.70. The van der Waals surface area contributed by atoms with Crippen molar-refractivity contribution < 1.29 is 34.4 Å². The number of esters is 1. The Morgan fingerprint density at radius 2 is 1.15 bits per heavy atom. The van der Waals surface area contributed by atoms with Crippen molar-refractivity contribution in [3.63, 3.8) is 0 Å². The summed E-state index contributed by atoms with van der Waals surface area (Å²) < 4.78 is 5.60. The monoisotopic (exact) mass is 827 g/mol. The second kappa shape index (κ2) is 31.4. The van der Waals surface area contributed by atoms with Crippen LogP contribution in [0, 0.1) is 41.4 Å². The van der Waals surface area contributed by atoms with Crippen LogP contribution in [0.2, 0.25) is 0 Å². The molecule has 1 saturated carbocycles. The molecule has 0 saturated heterocycles. The predicted molar refractivity (Wildman–Crippen MR) is 239 cm³/mol. The first-order valence-corrected chi connectivity index (χ1v) is 24.4. The van der Waals surface area contributed by atoms with E-state index in [0.717, 1.165) is 51.4 Å². The SMILES string of the molecule is CCCCC/C=C/C1C(CCCCC)C=CC(CCCCCCCC(=O)N(CCO)CCO)C1CCCCCCCC(=O)N(CCO)CCOC(=O)C1CC2C=CC1C2. The maximum Gasteiger partial charge on any atom is 0.309 e. The van der Waals surface area contributed by atoms with Gasteiger partial charge in [0, 0.05) is 32.5 Å². The predicted octanol–water partition coefficient (Wildman–Crippen LogP) is 9.59. The molecule has 2 bridgehead atoms. The first kappa shape index (κ1) is 50.9. The van der Waals surface area contributed by atoms with Gasteiger partial charge in [0.1, 0.15) is 6.61 Å². The van der Waals surface area contributed by atoms with Crippen LogP contribution in [-0.2, 0) is 19.1 Å². The largest absolute Gasteiger partial charge is 0.464 e. The van der Waals surface area contributed by atoms with Crippen molar-refractivity contribution in [2.75, 3.05) is 52.6 Å². The van der Waals surface area contributed by atoms with E-state index >= 15 is 0 Å². The van der Waals surface area contributed by atoms with Gasteiger partial charge in [0.25, 0.3) is 0 Å². The summed E-state index contributed by atoms with van der Waals surface area (Å²) in [5.74, 6) is 3.15. The first-order valence-electron chi connectivity index (χ1n) is 24.4. The summed E-state index contributed by atoms with van der Waals surface area (Å²) in [5.41, 5.74) is 0. The van der Waals surface area contributed by atoms with E-state index in [9.17, 15) is 29.7 Å². The number of carbonyl (C=O) groups is 3. The third-order valence-corrected chi connectivity index (χ3v) is 13.5. The summed E-state index contributed by atoms with van der Waals surface area (Å²) >= 11 is 0. The van der Waals surface area contributed by atoms with Crippen molar-refractivity contribution in [1.29, 1.82) is 0 Å². The van der Waals surface area contributed by atoms with Crippen LogP contribution in [0.1, 0.15) is 168 Å². The maximum absolute atomic E-state index is 13.1. The smallest absolute Gasteiger partial charge is 0.309 e. The molecular weight excluding hydrogens is 741 g/mol. The van der Waals surface area contributed by atoms with Crippen molar-refractivity contribution >= 4 is 17.8 Å². The van der Waals surface area contributed by atoms with Crippen LogP contribution in [0.15, 0.2) is 36.5 Å². The fourth-order valence-electron chi connectivity index (χ4n) is 10.0. The van der Waals surface area contributed by atoms with Crippen LogP contribution in [0.5, 0.6) is 0 Å². The molecule has 338 valence electrons. The molecule has 3 aliphatic rings. The quantitative estimate of drug-likeness (QED) is 0.0330. The molecule has 3 rings (SSSR count). The molecule has 7 unspecified atom stereocenters. The number of rotatable bonds is 35. The minimum absolute atomic E-state index is 0.0265. The molecule has 0 radical (unpaired) electrons. The number of nitrogens with zero attached hydrogens (tertiary/aromatic N) is 2. The van der Waals surface area contributed by atoms with Gasteiger partial charge in [0.15, 0.2) is 0 Å². The molecular formula is C50H86N2O7. The molecule has 0 aromatic carbocycles. The molecule has 2 amide bonds. The zero-order valence-corrected chi connectivity index (χ0v) is 37.5. The Labute approximate surface area is 359 Å². The second-order valence-electron chi connectivity index (χ2n) is 18.0. The van der Waals surface area contributed by atoms with E-state index < -0.39 is 0 Å². The fourth-order valence-corrected chi connectivity index (χ4v) is 10.0. The van der Waals surface area contributed by atoms with Gasteiger partial charge in [-0.2, -0.15) is 0 Å². The minimum Gasteiger partial charge on any atom is -0.464 e. The molecule has 9 nitrogen and oxygen atoms in total. The van der Waals surface area contributed by atoms with Gasteiger partial charge in [-0.05, 0) is 93.3 Å². The lowest BCUT2D eigenvalue weighted by molar-refractivity contribution is -0.151. The van der Waals surface area contributed by atoms with Gasteiger partial charge < -0.3 is 29.9 Å². The first-order chi connectivity index (χ1) is 28.9. The average Bonchev–Trinajstić information content (AvgIpc) is 3.88. The average molecular weight is 827 g/mol. The lowest BCUT2D eigenvalue weighted by Crippen LogP contribution is -2.37. The number of allylic oxidation sites excluding steroid dienone is 6. The number of hydrogen-bond acceptors (Lipinski definition) is 7. The van der Waals surface area contributed by atoms with E-state index in [1.807, 2.05) is 0 Å². The van der Waals surface area contributed by atoms with Crippen molar-refractivity contribution in [2.45, 2.75) is 168 Å². The Bertz CT molecular complexity index is 1230. The molecule has 0 heterocycles. The number of carbonyl (C=O) groups excluding carboxylic acids is 3. The number of aliphatic hydroxyl groups is 3. The topological polar surface area (TPSA) is 128 Å². The zero-order chi connectivity index (χ0) is 42.5. The highest BCUT2D eigenvalue weighted by Crippen LogP contribution is 2.44. The lowest BCUT2D eigenvalue weighted by atomic mass is 9.66. The summed E-state index contributed by atoms with van der Waals surface area (Å²) in [5, 5.41) is 28.1. The van der Waals surface area contributed by atoms with Crippen molar-refractivity contribution in [1.82, 2.24) is 9.80 Å². The zero-order valence-electron chi connectivity index (χ0n) is 37.5. The van der Waals surface area contributed by atoms with Crippen LogP contribution in [0.25, 0.3) is 0 Å². The molecule has 0 aromatic rings. The van der Waals surface area contributed by atoms with Gasteiger partial charge in [0.2, 0.25) is 11.8 Å². The Kier molecular flexibility index (Phi) is 27.0. The highest BCUT2D eigenvalue weighted by Gasteiger charge is 2.41. The number of unbranched alkanes of at least 4 members (excludes halogenated alkanes) is 13. The van der Waals surface area contributed by atoms with E-state index in [4.69, 9.17) is 4.74 Å². The molecule has 1 fully saturated rings. The van der Waals surface area contributed by atoms with E-state index in [1.165, 1.54) is 89.9 Å². The number of aliphatic hydroxyl groups excluding tert-OH is 3.